The summed E-state index contributed by atoms with van der Waals surface area (Å²) >= 11 is 0. The van der Waals surface area contributed by atoms with Crippen molar-refractivity contribution in [2.24, 2.45) is 0 Å². The highest BCUT2D eigenvalue weighted by Crippen LogP contribution is 2.12. The van der Waals surface area contributed by atoms with Gasteiger partial charge in [-0.15, -0.1) is 0 Å². The highest BCUT2D eigenvalue weighted by atomic mass is 16.2. The lowest BCUT2D eigenvalue weighted by Gasteiger charge is -2.21. The Labute approximate surface area is 112 Å². The summed E-state index contributed by atoms with van der Waals surface area (Å²) in [6.45, 7) is 2.68. The summed E-state index contributed by atoms with van der Waals surface area (Å²) in [5.74, 6) is 0.0336. The molecule has 1 heterocycles. The minimum Gasteiger partial charge on any atom is -0.399 e. The molecule has 2 N–H and O–H groups in total. The summed E-state index contributed by atoms with van der Waals surface area (Å²) in [6, 6.07) is 11.4. The van der Waals surface area contributed by atoms with Crippen LogP contribution in [0.25, 0.3) is 0 Å². The third kappa shape index (κ3) is 3.81. The van der Waals surface area contributed by atoms with E-state index in [2.05, 4.69) is 4.98 Å². The number of hydrogen-bond acceptors (Lipinski definition) is 3. The molecule has 0 unspecified atom stereocenters. The molecule has 1 aromatic carbocycles. The van der Waals surface area contributed by atoms with Crippen molar-refractivity contribution < 1.29 is 4.79 Å². The quantitative estimate of drug-likeness (QED) is 0.852. The van der Waals surface area contributed by atoms with E-state index in [1.165, 1.54) is 0 Å². The van der Waals surface area contributed by atoms with E-state index in [9.17, 15) is 4.79 Å². The Bertz CT molecular complexity index is 554. The van der Waals surface area contributed by atoms with Gasteiger partial charge in [-0.05, 0) is 29.3 Å². The lowest BCUT2D eigenvalue weighted by Crippen LogP contribution is -2.27. The van der Waals surface area contributed by atoms with Gasteiger partial charge in [0, 0.05) is 38.1 Å². The maximum atomic E-state index is 11.7. The predicted octanol–water partition coefficient (Wildman–Crippen LogP) is 2.21. The van der Waals surface area contributed by atoms with Crippen molar-refractivity contribution in [3.8, 4) is 0 Å². The molecule has 0 saturated heterocycles. The molecule has 0 aliphatic heterocycles. The predicted molar refractivity (Wildman–Crippen MR) is 75.0 cm³/mol. The van der Waals surface area contributed by atoms with Gasteiger partial charge in [-0.1, -0.05) is 18.2 Å². The maximum Gasteiger partial charge on any atom is 0.220 e. The minimum atomic E-state index is 0.0336. The van der Waals surface area contributed by atoms with Gasteiger partial charge in [-0.2, -0.15) is 0 Å². The lowest BCUT2D eigenvalue weighted by molar-refractivity contribution is -0.130. The van der Waals surface area contributed by atoms with Crippen molar-refractivity contribution in [2.75, 3.05) is 5.73 Å². The Kier molecular flexibility index (Phi) is 4.13. The number of nitrogens with zero attached hydrogens (tertiary/aromatic N) is 2. The second-order valence-electron chi connectivity index (χ2n) is 4.48. The molecule has 1 amide bonds. The lowest BCUT2D eigenvalue weighted by atomic mass is 10.1. The van der Waals surface area contributed by atoms with Crippen molar-refractivity contribution >= 4 is 11.6 Å². The number of carbonyl (C=O) groups excluding carboxylic acids is 1. The Balaban J connectivity index is 2.11. The SMILES string of the molecule is CC(=O)N(Cc1cccnc1)Cc1cccc(N)c1. The van der Waals surface area contributed by atoms with Crippen LogP contribution >= 0.6 is 0 Å². The third-order valence-electron chi connectivity index (χ3n) is 2.87. The maximum absolute atomic E-state index is 11.7. The van der Waals surface area contributed by atoms with Gasteiger partial charge in [0.25, 0.3) is 0 Å². The van der Waals surface area contributed by atoms with Gasteiger partial charge in [0.15, 0.2) is 0 Å². The van der Waals surface area contributed by atoms with E-state index in [0.717, 1.165) is 11.1 Å². The normalized spacial score (nSPS) is 10.2. The van der Waals surface area contributed by atoms with Crippen molar-refractivity contribution in [2.45, 2.75) is 20.0 Å². The molecule has 4 nitrogen and oxygen atoms in total. The van der Waals surface area contributed by atoms with Gasteiger partial charge in [0.2, 0.25) is 5.91 Å². The first-order chi connectivity index (χ1) is 9.15. The molecule has 0 atom stereocenters. The van der Waals surface area contributed by atoms with Crippen LogP contribution in [0, 0.1) is 0 Å². The number of anilines is 1. The van der Waals surface area contributed by atoms with E-state index >= 15 is 0 Å². The van der Waals surface area contributed by atoms with Crippen molar-refractivity contribution in [3.63, 3.8) is 0 Å². The van der Waals surface area contributed by atoms with E-state index < -0.39 is 0 Å². The third-order valence-corrected chi connectivity index (χ3v) is 2.87. The molecule has 0 bridgehead atoms. The van der Waals surface area contributed by atoms with E-state index in [1.807, 2.05) is 36.4 Å². The first-order valence-electron chi connectivity index (χ1n) is 6.14. The van der Waals surface area contributed by atoms with E-state index in [4.69, 9.17) is 5.73 Å². The van der Waals surface area contributed by atoms with Crippen LogP contribution in [-0.4, -0.2) is 15.8 Å². The van der Waals surface area contributed by atoms with Gasteiger partial charge in [0.1, 0.15) is 0 Å². The zero-order valence-electron chi connectivity index (χ0n) is 10.9. The van der Waals surface area contributed by atoms with Crippen molar-refractivity contribution in [1.82, 2.24) is 9.88 Å². The van der Waals surface area contributed by atoms with Gasteiger partial charge in [0.05, 0.1) is 0 Å². The Morgan fingerprint density at radius 2 is 1.95 bits per heavy atom. The number of benzene rings is 1. The van der Waals surface area contributed by atoms with Gasteiger partial charge >= 0.3 is 0 Å². The number of carbonyl (C=O) groups is 1. The molecule has 0 radical (unpaired) electrons. The molecular formula is C15H17N3O. The highest BCUT2D eigenvalue weighted by Gasteiger charge is 2.10. The second kappa shape index (κ2) is 6.00. The first kappa shape index (κ1) is 13.1. The summed E-state index contributed by atoms with van der Waals surface area (Å²) in [6.07, 6.45) is 3.49. The number of rotatable bonds is 4. The standard InChI is InChI=1S/C15H17N3O/c1-12(19)18(11-14-5-3-7-17-9-14)10-13-4-2-6-15(16)8-13/h2-9H,10-11,16H2,1H3. The minimum absolute atomic E-state index is 0.0336. The fraction of sp³-hybridized carbons (Fsp3) is 0.200. The second-order valence-corrected chi connectivity index (χ2v) is 4.48. The van der Waals surface area contributed by atoms with Crippen LogP contribution < -0.4 is 5.73 Å². The number of aromatic nitrogens is 1. The Morgan fingerprint density at radius 1 is 1.21 bits per heavy atom. The van der Waals surface area contributed by atoms with Crippen LogP contribution in [0.1, 0.15) is 18.1 Å². The van der Waals surface area contributed by atoms with Crippen molar-refractivity contribution in [1.29, 1.82) is 0 Å². The largest absolute Gasteiger partial charge is 0.399 e. The number of nitrogen functional groups attached to an aromatic ring is 1. The number of amides is 1. The van der Waals surface area contributed by atoms with E-state index in [-0.39, 0.29) is 5.91 Å². The molecule has 1 aromatic heterocycles. The van der Waals surface area contributed by atoms with Crippen LogP contribution in [0.15, 0.2) is 48.8 Å². The molecule has 0 aliphatic carbocycles. The van der Waals surface area contributed by atoms with Gasteiger partial charge < -0.3 is 10.6 Å². The number of pyridine rings is 1. The molecule has 98 valence electrons. The average Bonchev–Trinajstić information content (AvgIpc) is 2.39. The molecule has 2 aromatic rings. The van der Waals surface area contributed by atoms with Gasteiger partial charge in [-0.3, -0.25) is 9.78 Å². The zero-order valence-corrected chi connectivity index (χ0v) is 10.9. The van der Waals surface area contributed by atoms with Gasteiger partial charge in [-0.25, -0.2) is 0 Å². The Hall–Kier alpha value is -2.36. The zero-order chi connectivity index (χ0) is 13.7. The average molecular weight is 255 g/mol. The first-order valence-corrected chi connectivity index (χ1v) is 6.14. The van der Waals surface area contributed by atoms with Crippen LogP contribution in [0.2, 0.25) is 0 Å². The summed E-state index contributed by atoms with van der Waals surface area (Å²) < 4.78 is 0. The molecular weight excluding hydrogens is 238 g/mol. The van der Waals surface area contributed by atoms with Crippen LogP contribution in [0.5, 0.6) is 0 Å². The molecule has 0 saturated carbocycles. The smallest absolute Gasteiger partial charge is 0.220 e. The number of nitrogens with two attached hydrogens (primary N) is 1. The molecule has 2 rings (SSSR count). The fourth-order valence-electron chi connectivity index (χ4n) is 1.90. The van der Waals surface area contributed by atoms with Crippen LogP contribution in [-0.2, 0) is 17.9 Å². The van der Waals surface area contributed by atoms with Crippen molar-refractivity contribution in [3.05, 3.63) is 59.9 Å². The summed E-state index contributed by atoms with van der Waals surface area (Å²) in [5, 5.41) is 0. The molecule has 0 fully saturated rings. The topological polar surface area (TPSA) is 59.2 Å². The number of hydrogen-bond donors (Lipinski definition) is 1. The van der Waals surface area contributed by atoms with Crippen LogP contribution in [0.3, 0.4) is 0 Å². The molecule has 0 aliphatic rings. The highest BCUT2D eigenvalue weighted by molar-refractivity contribution is 5.73. The van der Waals surface area contributed by atoms with E-state index in [1.54, 1.807) is 24.2 Å². The van der Waals surface area contributed by atoms with Crippen LogP contribution in [0.4, 0.5) is 5.69 Å². The summed E-state index contributed by atoms with van der Waals surface area (Å²) in [7, 11) is 0. The summed E-state index contributed by atoms with van der Waals surface area (Å²) in [5.41, 5.74) is 8.50. The van der Waals surface area contributed by atoms with E-state index in [0.29, 0.717) is 18.8 Å². The molecule has 4 heteroatoms. The monoisotopic (exact) mass is 255 g/mol. The molecule has 0 spiro atoms. The molecule has 19 heavy (non-hydrogen) atoms. The fourth-order valence-corrected chi connectivity index (χ4v) is 1.90. The summed E-state index contributed by atoms with van der Waals surface area (Å²) in [4.78, 5) is 17.5. The Morgan fingerprint density at radius 3 is 2.58 bits per heavy atom.